The number of fused-ring (bicyclic) bond motifs is 1. The van der Waals surface area contributed by atoms with Gasteiger partial charge in [-0.3, -0.25) is 4.90 Å². The maximum Gasteiger partial charge on any atom is 0.0278 e. The Bertz CT molecular complexity index is 755. The van der Waals surface area contributed by atoms with Crippen molar-refractivity contribution in [3.05, 3.63) is 90.0 Å². The second-order valence-electron chi connectivity index (χ2n) is 7.42. The molecule has 0 aromatic heterocycles. The van der Waals surface area contributed by atoms with Crippen LogP contribution in [0.1, 0.15) is 55.7 Å². The predicted molar refractivity (Wildman–Crippen MR) is 118 cm³/mol. The highest BCUT2D eigenvalue weighted by molar-refractivity contribution is 5.73. The third kappa shape index (κ3) is 4.59. The molecular formula is C26H33N. The second kappa shape index (κ2) is 9.71. The van der Waals surface area contributed by atoms with E-state index in [0.29, 0.717) is 12.0 Å². The summed E-state index contributed by atoms with van der Waals surface area (Å²) >= 11 is 0. The molecule has 2 aromatic carbocycles. The van der Waals surface area contributed by atoms with Crippen LogP contribution in [-0.2, 0) is 6.42 Å². The number of aryl methyl sites for hydroxylation is 1. The van der Waals surface area contributed by atoms with Gasteiger partial charge in [0.15, 0.2) is 0 Å². The Hall–Kier alpha value is -2.12. The molecule has 0 amide bonds. The van der Waals surface area contributed by atoms with Crippen LogP contribution in [0.5, 0.6) is 0 Å². The molecular weight excluding hydrogens is 326 g/mol. The molecule has 2 unspecified atom stereocenters. The summed E-state index contributed by atoms with van der Waals surface area (Å²) in [4.78, 5) is 2.49. The van der Waals surface area contributed by atoms with Crippen molar-refractivity contribution < 1.29 is 0 Å². The van der Waals surface area contributed by atoms with Crippen molar-refractivity contribution in [3.8, 4) is 0 Å². The normalized spacial score (nSPS) is 17.7. The number of hydrogen-bond donors (Lipinski definition) is 0. The quantitative estimate of drug-likeness (QED) is 0.463. The van der Waals surface area contributed by atoms with E-state index in [0.717, 1.165) is 25.9 Å². The van der Waals surface area contributed by atoms with Crippen LogP contribution in [0.25, 0.3) is 5.57 Å². The van der Waals surface area contributed by atoms with Crippen LogP contribution >= 0.6 is 0 Å². The first-order chi connectivity index (χ1) is 13.3. The van der Waals surface area contributed by atoms with Crippen LogP contribution in [0.4, 0.5) is 0 Å². The molecule has 1 aliphatic rings. The summed E-state index contributed by atoms with van der Waals surface area (Å²) in [6.45, 7) is 10.7. The fourth-order valence-electron chi connectivity index (χ4n) is 4.52. The molecule has 0 aliphatic heterocycles. The van der Waals surface area contributed by atoms with E-state index in [4.69, 9.17) is 0 Å². The van der Waals surface area contributed by atoms with Gasteiger partial charge in [0.05, 0.1) is 0 Å². The van der Waals surface area contributed by atoms with Gasteiger partial charge in [0.25, 0.3) is 0 Å². The van der Waals surface area contributed by atoms with E-state index in [-0.39, 0.29) is 0 Å². The van der Waals surface area contributed by atoms with Crippen molar-refractivity contribution in [1.82, 2.24) is 4.90 Å². The minimum atomic E-state index is 0.462. The zero-order chi connectivity index (χ0) is 19.1. The first-order valence-corrected chi connectivity index (χ1v) is 10.5. The Kier molecular flexibility index (Phi) is 7.06. The molecule has 1 aliphatic carbocycles. The number of benzene rings is 2. The summed E-state index contributed by atoms with van der Waals surface area (Å²) in [5, 5.41) is 0. The number of hydrogen-bond acceptors (Lipinski definition) is 1. The number of rotatable bonds is 9. The van der Waals surface area contributed by atoms with Gasteiger partial charge in [-0.2, -0.15) is 0 Å². The largest absolute Gasteiger partial charge is 0.297 e. The summed E-state index contributed by atoms with van der Waals surface area (Å²) in [6, 6.07) is 20.4. The third-order valence-corrected chi connectivity index (χ3v) is 6.00. The van der Waals surface area contributed by atoms with Gasteiger partial charge in [-0.15, -0.1) is 6.58 Å². The van der Waals surface area contributed by atoms with Crippen molar-refractivity contribution in [2.24, 2.45) is 0 Å². The van der Waals surface area contributed by atoms with E-state index in [1.54, 1.807) is 0 Å². The van der Waals surface area contributed by atoms with E-state index in [9.17, 15) is 0 Å². The van der Waals surface area contributed by atoms with E-state index in [2.05, 4.69) is 92.1 Å². The lowest BCUT2D eigenvalue weighted by Crippen LogP contribution is -2.33. The zero-order valence-corrected chi connectivity index (χ0v) is 16.9. The average Bonchev–Trinajstić information content (AvgIpc) is 3.15. The molecule has 0 radical (unpaired) electrons. The first kappa shape index (κ1) is 19.6. The van der Waals surface area contributed by atoms with Crippen molar-refractivity contribution >= 4 is 5.57 Å². The van der Waals surface area contributed by atoms with Gasteiger partial charge in [-0.25, -0.2) is 0 Å². The molecule has 142 valence electrons. The van der Waals surface area contributed by atoms with E-state index in [1.165, 1.54) is 35.1 Å². The van der Waals surface area contributed by atoms with Crippen LogP contribution in [0, 0.1) is 0 Å². The topological polar surface area (TPSA) is 3.24 Å². The Morgan fingerprint density at radius 3 is 2.48 bits per heavy atom. The van der Waals surface area contributed by atoms with Gasteiger partial charge in [0, 0.05) is 12.0 Å². The molecule has 1 heteroatoms. The standard InChI is InChI=1S/C26H33N/c1-4-23(27(5-2)6-3)16-12-18-25(21-13-8-7-9-14-21)26-20-19-22-15-10-11-17-24(22)26/h4,7-11,13-15,17-18,23,26H,1,5-6,12,16,19-20H2,2-3H3. The van der Waals surface area contributed by atoms with Crippen LogP contribution < -0.4 is 0 Å². The summed E-state index contributed by atoms with van der Waals surface area (Å²) in [7, 11) is 0. The molecule has 0 spiro atoms. The summed E-state index contributed by atoms with van der Waals surface area (Å²) in [6.07, 6.45) is 9.27. The number of nitrogens with zero attached hydrogens (tertiary/aromatic N) is 1. The zero-order valence-electron chi connectivity index (χ0n) is 16.9. The lowest BCUT2D eigenvalue weighted by atomic mass is 9.87. The highest BCUT2D eigenvalue weighted by Crippen LogP contribution is 2.42. The van der Waals surface area contributed by atoms with Gasteiger partial charge in [-0.1, -0.05) is 80.6 Å². The molecule has 1 nitrogen and oxygen atoms in total. The van der Waals surface area contributed by atoms with Gasteiger partial charge < -0.3 is 0 Å². The van der Waals surface area contributed by atoms with Gasteiger partial charge in [-0.05, 0) is 61.0 Å². The van der Waals surface area contributed by atoms with Gasteiger partial charge >= 0.3 is 0 Å². The van der Waals surface area contributed by atoms with Crippen molar-refractivity contribution in [3.63, 3.8) is 0 Å². The maximum absolute atomic E-state index is 4.08. The molecule has 0 heterocycles. The van der Waals surface area contributed by atoms with Crippen molar-refractivity contribution in [1.29, 1.82) is 0 Å². The van der Waals surface area contributed by atoms with Gasteiger partial charge in [0.2, 0.25) is 0 Å². The highest BCUT2D eigenvalue weighted by Gasteiger charge is 2.26. The minimum Gasteiger partial charge on any atom is -0.297 e. The minimum absolute atomic E-state index is 0.462. The smallest absolute Gasteiger partial charge is 0.0278 e. The Labute approximate surface area is 165 Å². The fourth-order valence-corrected chi connectivity index (χ4v) is 4.52. The highest BCUT2D eigenvalue weighted by atomic mass is 15.1. The lowest BCUT2D eigenvalue weighted by Gasteiger charge is -2.27. The van der Waals surface area contributed by atoms with Crippen LogP contribution in [-0.4, -0.2) is 24.0 Å². The third-order valence-electron chi connectivity index (χ3n) is 6.00. The molecule has 0 N–H and O–H groups in total. The Balaban J connectivity index is 1.83. The number of allylic oxidation sites excluding steroid dienone is 2. The second-order valence-corrected chi connectivity index (χ2v) is 7.42. The monoisotopic (exact) mass is 359 g/mol. The molecule has 0 fully saturated rings. The average molecular weight is 360 g/mol. The molecule has 2 aromatic rings. The SMILES string of the molecule is C=CC(CCC=C(c1ccccc1)C1CCc2ccccc21)N(CC)CC. The Morgan fingerprint density at radius 2 is 1.78 bits per heavy atom. The predicted octanol–water partition coefficient (Wildman–Crippen LogP) is 6.48. The van der Waals surface area contributed by atoms with Gasteiger partial charge in [0.1, 0.15) is 0 Å². The summed E-state index contributed by atoms with van der Waals surface area (Å²) in [5.74, 6) is 0.527. The van der Waals surface area contributed by atoms with Crippen LogP contribution in [0.3, 0.4) is 0 Å². The number of likely N-dealkylation sites (N-methyl/N-ethyl adjacent to an activating group) is 1. The molecule has 0 bridgehead atoms. The van der Waals surface area contributed by atoms with Crippen molar-refractivity contribution in [2.45, 2.75) is 51.5 Å². The van der Waals surface area contributed by atoms with Crippen LogP contribution in [0.2, 0.25) is 0 Å². The van der Waals surface area contributed by atoms with E-state index >= 15 is 0 Å². The lowest BCUT2D eigenvalue weighted by molar-refractivity contribution is 0.245. The Morgan fingerprint density at radius 1 is 1.07 bits per heavy atom. The molecule has 0 saturated heterocycles. The molecule has 3 rings (SSSR count). The summed E-state index contributed by atoms with van der Waals surface area (Å²) < 4.78 is 0. The summed E-state index contributed by atoms with van der Waals surface area (Å²) in [5.41, 5.74) is 5.92. The van der Waals surface area contributed by atoms with E-state index in [1.807, 2.05) is 0 Å². The fraction of sp³-hybridized carbons (Fsp3) is 0.385. The molecule has 27 heavy (non-hydrogen) atoms. The van der Waals surface area contributed by atoms with Crippen molar-refractivity contribution in [2.75, 3.05) is 13.1 Å². The molecule has 0 saturated carbocycles. The first-order valence-electron chi connectivity index (χ1n) is 10.5. The maximum atomic E-state index is 4.08. The van der Waals surface area contributed by atoms with Crippen LogP contribution in [0.15, 0.2) is 73.3 Å². The molecule has 2 atom stereocenters. The van der Waals surface area contributed by atoms with E-state index < -0.39 is 0 Å².